The predicted octanol–water partition coefficient (Wildman–Crippen LogP) is 4.21. The van der Waals surface area contributed by atoms with Crippen molar-refractivity contribution in [2.45, 2.75) is 39.3 Å². The minimum atomic E-state index is -0.435. The number of aromatic nitrogens is 1. The van der Waals surface area contributed by atoms with Crippen molar-refractivity contribution in [2.24, 2.45) is 5.92 Å². The van der Waals surface area contributed by atoms with E-state index in [-0.39, 0.29) is 12.5 Å². The highest BCUT2D eigenvalue weighted by molar-refractivity contribution is 6.05. The number of amides is 1. The molecule has 6 heteroatoms. The molecule has 176 valence electrons. The number of rotatable bonds is 5. The van der Waals surface area contributed by atoms with Crippen molar-refractivity contribution in [2.75, 3.05) is 26.2 Å². The highest BCUT2D eigenvalue weighted by Gasteiger charge is 2.28. The molecular formula is C28H31N3O3. The third-order valence-corrected chi connectivity index (χ3v) is 7.04. The van der Waals surface area contributed by atoms with Gasteiger partial charge < -0.3 is 9.64 Å². The van der Waals surface area contributed by atoms with Crippen molar-refractivity contribution in [3.8, 4) is 0 Å². The lowest BCUT2D eigenvalue weighted by Gasteiger charge is -2.31. The molecule has 0 N–H and O–H groups in total. The number of benzene rings is 2. The van der Waals surface area contributed by atoms with E-state index < -0.39 is 5.97 Å². The van der Waals surface area contributed by atoms with Crippen molar-refractivity contribution < 1.29 is 14.3 Å². The van der Waals surface area contributed by atoms with Crippen LogP contribution in [-0.2, 0) is 29.0 Å². The van der Waals surface area contributed by atoms with Gasteiger partial charge in [-0.1, -0.05) is 55.5 Å². The second-order valence-electron chi connectivity index (χ2n) is 9.51. The molecule has 0 saturated carbocycles. The first-order valence-electron chi connectivity index (χ1n) is 12.2. The summed E-state index contributed by atoms with van der Waals surface area (Å²) < 4.78 is 5.62. The summed E-state index contributed by atoms with van der Waals surface area (Å²) in [7, 11) is 0. The summed E-state index contributed by atoms with van der Waals surface area (Å²) in [6.07, 6.45) is 2.77. The lowest BCUT2D eigenvalue weighted by Crippen LogP contribution is -2.40. The normalized spacial score (nSPS) is 16.9. The number of pyridine rings is 1. The van der Waals surface area contributed by atoms with E-state index in [0.29, 0.717) is 18.0 Å². The Balaban J connectivity index is 1.38. The van der Waals surface area contributed by atoms with Crippen LogP contribution in [0.2, 0.25) is 0 Å². The van der Waals surface area contributed by atoms with Gasteiger partial charge in [-0.15, -0.1) is 0 Å². The second-order valence-corrected chi connectivity index (χ2v) is 9.51. The predicted molar refractivity (Wildman–Crippen MR) is 131 cm³/mol. The van der Waals surface area contributed by atoms with E-state index in [2.05, 4.69) is 24.0 Å². The average Bonchev–Trinajstić information content (AvgIpc) is 2.86. The fourth-order valence-corrected chi connectivity index (χ4v) is 5.00. The summed E-state index contributed by atoms with van der Waals surface area (Å²) >= 11 is 0. The van der Waals surface area contributed by atoms with Crippen molar-refractivity contribution in [1.82, 2.24) is 14.8 Å². The Kier molecular flexibility index (Phi) is 6.59. The van der Waals surface area contributed by atoms with Crippen LogP contribution in [-0.4, -0.2) is 52.9 Å². The van der Waals surface area contributed by atoms with Crippen LogP contribution in [0.25, 0.3) is 10.9 Å². The second kappa shape index (κ2) is 9.94. The van der Waals surface area contributed by atoms with Crippen LogP contribution in [0.5, 0.6) is 0 Å². The molecule has 0 bridgehead atoms. The molecule has 0 unspecified atom stereocenters. The molecule has 1 saturated heterocycles. The molecule has 0 aliphatic carbocycles. The summed E-state index contributed by atoms with van der Waals surface area (Å²) in [4.78, 5) is 35.1. The van der Waals surface area contributed by atoms with Crippen LogP contribution in [0, 0.1) is 5.92 Å². The molecule has 2 aliphatic heterocycles. The van der Waals surface area contributed by atoms with Crippen molar-refractivity contribution in [3.05, 3.63) is 77.0 Å². The van der Waals surface area contributed by atoms with Crippen molar-refractivity contribution >= 4 is 22.8 Å². The van der Waals surface area contributed by atoms with Crippen molar-refractivity contribution in [1.29, 1.82) is 0 Å². The maximum atomic E-state index is 13.4. The highest BCUT2D eigenvalue weighted by atomic mass is 16.5. The summed E-state index contributed by atoms with van der Waals surface area (Å²) in [5, 5.41) is 0.784. The smallest absolute Gasteiger partial charge is 0.339 e. The molecule has 5 rings (SSSR count). The lowest BCUT2D eigenvalue weighted by molar-refractivity contribution is -0.135. The zero-order chi connectivity index (χ0) is 23.5. The van der Waals surface area contributed by atoms with Gasteiger partial charge in [0.15, 0.2) is 6.61 Å². The van der Waals surface area contributed by atoms with Crippen LogP contribution in [0.3, 0.4) is 0 Å². The SMILES string of the molecule is CC1CCN(C(=O)COC(=O)c2c3c(nc4ccccc24)CCN(Cc2ccccc2)C3)CC1. The van der Waals surface area contributed by atoms with E-state index in [1.807, 2.05) is 47.4 Å². The Morgan fingerprint density at radius 2 is 1.74 bits per heavy atom. The summed E-state index contributed by atoms with van der Waals surface area (Å²) in [6, 6.07) is 18.1. The number of fused-ring (bicyclic) bond motifs is 2. The van der Waals surface area contributed by atoms with Crippen LogP contribution >= 0.6 is 0 Å². The molecule has 1 amide bonds. The van der Waals surface area contributed by atoms with Gasteiger partial charge in [0.1, 0.15) is 0 Å². The zero-order valence-electron chi connectivity index (χ0n) is 19.7. The van der Waals surface area contributed by atoms with Crippen LogP contribution < -0.4 is 0 Å². The largest absolute Gasteiger partial charge is 0.452 e. The first-order valence-corrected chi connectivity index (χ1v) is 12.2. The van der Waals surface area contributed by atoms with Crippen molar-refractivity contribution in [3.63, 3.8) is 0 Å². The summed E-state index contributed by atoms with van der Waals surface area (Å²) in [6.45, 7) is 5.79. The maximum absolute atomic E-state index is 13.4. The minimum Gasteiger partial charge on any atom is -0.452 e. The Labute approximate surface area is 200 Å². The molecule has 3 heterocycles. The van der Waals surface area contributed by atoms with Gasteiger partial charge in [-0.05, 0) is 30.4 Å². The number of carbonyl (C=O) groups excluding carboxylic acids is 2. The number of esters is 1. The standard InChI is InChI=1S/C28H31N3O3/c1-20-11-15-31(16-12-20)26(32)19-34-28(33)27-22-9-5-6-10-24(22)29-25-13-14-30(18-23(25)27)17-21-7-3-2-4-8-21/h2-10,20H,11-19H2,1H3. The molecule has 0 atom stereocenters. The molecular weight excluding hydrogens is 426 g/mol. The lowest BCUT2D eigenvalue weighted by atomic mass is 9.95. The van der Waals surface area contributed by atoms with Crippen LogP contribution in [0.1, 0.15) is 46.9 Å². The van der Waals surface area contributed by atoms with E-state index in [1.54, 1.807) is 0 Å². The fraction of sp³-hybridized carbons (Fsp3) is 0.393. The number of hydrogen-bond donors (Lipinski definition) is 0. The van der Waals surface area contributed by atoms with Gasteiger partial charge in [-0.3, -0.25) is 14.7 Å². The quantitative estimate of drug-likeness (QED) is 0.537. The highest BCUT2D eigenvalue weighted by Crippen LogP contribution is 2.29. The molecule has 6 nitrogen and oxygen atoms in total. The first-order chi connectivity index (χ1) is 16.6. The van der Waals surface area contributed by atoms with E-state index in [0.717, 1.165) is 67.6 Å². The third kappa shape index (κ3) is 4.82. The number of hydrogen-bond acceptors (Lipinski definition) is 5. The molecule has 3 aromatic rings. The molecule has 2 aromatic carbocycles. The molecule has 2 aliphatic rings. The molecule has 1 fully saturated rings. The van der Waals surface area contributed by atoms with E-state index in [4.69, 9.17) is 9.72 Å². The Bertz CT molecular complexity index is 1190. The molecule has 34 heavy (non-hydrogen) atoms. The zero-order valence-corrected chi connectivity index (χ0v) is 19.7. The van der Waals surface area contributed by atoms with Gasteiger partial charge in [0.25, 0.3) is 5.91 Å². The Morgan fingerprint density at radius 1 is 1.00 bits per heavy atom. The first kappa shape index (κ1) is 22.5. The van der Waals surface area contributed by atoms with Gasteiger partial charge in [-0.2, -0.15) is 0 Å². The van der Waals surface area contributed by atoms with Gasteiger partial charge in [0.05, 0.1) is 11.1 Å². The van der Waals surface area contributed by atoms with Crippen LogP contribution in [0.15, 0.2) is 54.6 Å². The fourth-order valence-electron chi connectivity index (χ4n) is 5.00. The molecule has 0 spiro atoms. The number of piperidine rings is 1. The summed E-state index contributed by atoms with van der Waals surface area (Å²) in [5.41, 5.74) is 4.46. The Morgan fingerprint density at radius 3 is 2.53 bits per heavy atom. The average molecular weight is 458 g/mol. The molecule has 1 aromatic heterocycles. The summed E-state index contributed by atoms with van der Waals surface area (Å²) in [5.74, 6) is 0.0912. The maximum Gasteiger partial charge on any atom is 0.339 e. The van der Waals surface area contributed by atoms with E-state index >= 15 is 0 Å². The Hall–Kier alpha value is -3.25. The number of likely N-dealkylation sites (tertiary alicyclic amines) is 1. The van der Waals surface area contributed by atoms with Gasteiger partial charge in [0.2, 0.25) is 0 Å². The monoisotopic (exact) mass is 457 g/mol. The van der Waals surface area contributed by atoms with Crippen LogP contribution in [0.4, 0.5) is 0 Å². The number of nitrogens with zero attached hydrogens (tertiary/aromatic N) is 3. The number of para-hydroxylation sites is 1. The minimum absolute atomic E-state index is 0.113. The van der Waals surface area contributed by atoms with Gasteiger partial charge >= 0.3 is 5.97 Å². The topological polar surface area (TPSA) is 62.7 Å². The van der Waals surface area contributed by atoms with Gasteiger partial charge in [-0.25, -0.2) is 4.79 Å². The number of carbonyl (C=O) groups is 2. The third-order valence-electron chi connectivity index (χ3n) is 7.04. The van der Waals surface area contributed by atoms with E-state index in [1.165, 1.54) is 5.56 Å². The van der Waals surface area contributed by atoms with Gasteiger partial charge in [0, 0.05) is 55.8 Å². The number of ether oxygens (including phenoxy) is 1. The van der Waals surface area contributed by atoms with E-state index in [9.17, 15) is 9.59 Å². The molecule has 0 radical (unpaired) electrons.